The summed E-state index contributed by atoms with van der Waals surface area (Å²) in [4.78, 5) is 14.5. The first kappa shape index (κ1) is 20.5. The van der Waals surface area contributed by atoms with Gasteiger partial charge in [-0.3, -0.25) is 0 Å². The second-order valence-electron chi connectivity index (χ2n) is 7.23. The van der Waals surface area contributed by atoms with Crippen molar-refractivity contribution in [3.05, 3.63) is 77.4 Å². The monoisotopic (exact) mass is 395 g/mol. The highest BCUT2D eigenvalue weighted by atomic mass is 19.1. The van der Waals surface area contributed by atoms with Gasteiger partial charge in [-0.2, -0.15) is 5.10 Å². The van der Waals surface area contributed by atoms with Gasteiger partial charge in [-0.25, -0.2) is 13.9 Å². The quantitative estimate of drug-likeness (QED) is 0.662. The number of hydrogen-bond acceptors (Lipinski definition) is 3. The van der Waals surface area contributed by atoms with Crippen molar-refractivity contribution in [3.63, 3.8) is 0 Å². The Bertz CT molecular complexity index is 998. The Labute approximate surface area is 170 Å². The van der Waals surface area contributed by atoms with Crippen molar-refractivity contribution < 1.29 is 9.18 Å². The van der Waals surface area contributed by atoms with Gasteiger partial charge in [-0.05, 0) is 63.8 Å². The van der Waals surface area contributed by atoms with Crippen LogP contribution in [0.25, 0.3) is 5.69 Å². The molecule has 0 saturated heterocycles. The molecule has 1 heterocycles. The van der Waals surface area contributed by atoms with E-state index in [1.54, 1.807) is 10.7 Å². The summed E-state index contributed by atoms with van der Waals surface area (Å²) < 4.78 is 15.4. The number of rotatable bonds is 6. The predicted molar refractivity (Wildman–Crippen MR) is 113 cm³/mol. The van der Waals surface area contributed by atoms with Crippen LogP contribution in [0.15, 0.2) is 54.6 Å². The molecule has 0 radical (unpaired) electrons. The lowest BCUT2D eigenvalue weighted by atomic mass is 10.1. The van der Waals surface area contributed by atoms with Crippen LogP contribution in [0.1, 0.15) is 23.0 Å². The Morgan fingerprint density at radius 2 is 1.90 bits per heavy atom. The predicted octanol–water partition coefficient (Wildman–Crippen LogP) is 4.05. The number of nitrogens with one attached hydrogen (secondary N) is 2. The number of anilines is 1. The van der Waals surface area contributed by atoms with Crippen LogP contribution >= 0.6 is 0 Å². The Morgan fingerprint density at radius 1 is 1.14 bits per heavy atom. The molecule has 1 atom stereocenters. The van der Waals surface area contributed by atoms with E-state index in [4.69, 9.17) is 0 Å². The fourth-order valence-electron chi connectivity index (χ4n) is 3.31. The van der Waals surface area contributed by atoms with Crippen LogP contribution in [0.3, 0.4) is 0 Å². The summed E-state index contributed by atoms with van der Waals surface area (Å²) >= 11 is 0. The van der Waals surface area contributed by atoms with E-state index in [-0.39, 0.29) is 17.9 Å². The van der Waals surface area contributed by atoms with Gasteiger partial charge in [0.05, 0.1) is 23.1 Å². The number of amides is 2. The summed E-state index contributed by atoms with van der Waals surface area (Å²) in [6, 6.07) is 15.4. The molecule has 0 bridgehead atoms. The number of para-hydroxylation sites is 2. The van der Waals surface area contributed by atoms with E-state index >= 15 is 0 Å². The van der Waals surface area contributed by atoms with Crippen molar-refractivity contribution in [1.82, 2.24) is 20.0 Å². The van der Waals surface area contributed by atoms with Gasteiger partial charge in [0.2, 0.25) is 0 Å². The largest absolute Gasteiger partial charge is 0.336 e. The molecule has 0 fully saturated rings. The first-order valence-corrected chi connectivity index (χ1v) is 9.44. The minimum absolute atomic E-state index is 0.150. The molecule has 0 aliphatic heterocycles. The molecule has 2 aromatic carbocycles. The van der Waals surface area contributed by atoms with Crippen LogP contribution in [0.5, 0.6) is 0 Å². The summed E-state index contributed by atoms with van der Waals surface area (Å²) in [6.07, 6.45) is 0. The van der Waals surface area contributed by atoms with Gasteiger partial charge >= 0.3 is 6.03 Å². The van der Waals surface area contributed by atoms with Crippen LogP contribution < -0.4 is 10.6 Å². The van der Waals surface area contributed by atoms with Crippen LogP contribution in [0, 0.1) is 19.7 Å². The van der Waals surface area contributed by atoms with E-state index in [1.807, 2.05) is 69.2 Å². The maximum absolute atomic E-state index is 13.6. The Kier molecular flexibility index (Phi) is 6.29. The number of carbonyl (C=O) groups is 1. The molecular formula is C22H26FN5O. The molecule has 0 aliphatic carbocycles. The summed E-state index contributed by atoms with van der Waals surface area (Å²) in [5.41, 5.74) is 4.14. The second-order valence-corrected chi connectivity index (χ2v) is 7.23. The van der Waals surface area contributed by atoms with Crippen molar-refractivity contribution in [2.24, 2.45) is 0 Å². The fraction of sp³-hybridized carbons (Fsp3) is 0.273. The van der Waals surface area contributed by atoms with Gasteiger partial charge in [-0.15, -0.1) is 0 Å². The zero-order valence-electron chi connectivity index (χ0n) is 17.1. The maximum Gasteiger partial charge on any atom is 0.319 e. The number of aryl methyl sites for hydroxylation is 2. The number of carbonyl (C=O) groups excluding carboxylic acids is 1. The highest BCUT2D eigenvalue weighted by Crippen LogP contribution is 2.22. The topological polar surface area (TPSA) is 62.2 Å². The molecule has 0 saturated carbocycles. The van der Waals surface area contributed by atoms with E-state index in [9.17, 15) is 9.18 Å². The van der Waals surface area contributed by atoms with Crippen LogP contribution in [0.2, 0.25) is 0 Å². The molecule has 152 valence electrons. The molecule has 0 aliphatic rings. The van der Waals surface area contributed by atoms with Gasteiger partial charge in [0.1, 0.15) is 5.82 Å². The van der Waals surface area contributed by atoms with Crippen molar-refractivity contribution in [2.75, 3.05) is 26.0 Å². The van der Waals surface area contributed by atoms with Gasteiger partial charge in [-0.1, -0.05) is 24.3 Å². The number of hydrogen-bond donors (Lipinski definition) is 2. The first-order chi connectivity index (χ1) is 13.8. The Hall–Kier alpha value is -3.19. The zero-order chi connectivity index (χ0) is 21.0. The molecule has 3 aromatic rings. The van der Waals surface area contributed by atoms with E-state index in [1.165, 1.54) is 12.1 Å². The average molecular weight is 395 g/mol. The number of aromatic nitrogens is 2. The summed E-state index contributed by atoms with van der Waals surface area (Å²) in [5.74, 6) is -0.294. The normalized spacial score (nSPS) is 12.1. The van der Waals surface area contributed by atoms with Gasteiger partial charge in [0.15, 0.2) is 0 Å². The lowest BCUT2D eigenvalue weighted by Crippen LogP contribution is -2.37. The number of nitrogens with zero attached hydrogens (tertiary/aromatic N) is 3. The lowest BCUT2D eigenvalue weighted by Gasteiger charge is -2.25. The van der Waals surface area contributed by atoms with Crippen molar-refractivity contribution in [3.8, 4) is 5.69 Å². The van der Waals surface area contributed by atoms with E-state index in [0.717, 1.165) is 22.6 Å². The average Bonchev–Trinajstić information content (AvgIpc) is 3.00. The Morgan fingerprint density at radius 3 is 2.55 bits per heavy atom. The van der Waals surface area contributed by atoms with Crippen LogP contribution in [0.4, 0.5) is 14.9 Å². The lowest BCUT2D eigenvalue weighted by molar-refractivity contribution is 0.243. The molecule has 29 heavy (non-hydrogen) atoms. The Balaban J connectivity index is 1.72. The van der Waals surface area contributed by atoms with E-state index in [2.05, 4.69) is 15.7 Å². The fourth-order valence-corrected chi connectivity index (χ4v) is 3.31. The van der Waals surface area contributed by atoms with Crippen LogP contribution in [-0.4, -0.2) is 41.4 Å². The number of benzene rings is 2. The maximum atomic E-state index is 13.6. The van der Waals surface area contributed by atoms with E-state index in [0.29, 0.717) is 12.2 Å². The number of likely N-dealkylation sites (N-methyl/N-ethyl adjacent to an activating group) is 1. The third kappa shape index (κ3) is 5.00. The number of halogens is 1. The van der Waals surface area contributed by atoms with Crippen molar-refractivity contribution >= 4 is 11.7 Å². The molecular weight excluding hydrogens is 369 g/mol. The molecule has 3 rings (SSSR count). The first-order valence-electron chi connectivity index (χ1n) is 9.44. The van der Waals surface area contributed by atoms with E-state index < -0.39 is 0 Å². The standard InChI is InChI=1S/C22H26FN5O/c1-15-12-16(2)28(26-15)20-11-6-5-10-19(20)25-22(29)24-14-21(27(3)4)17-8-7-9-18(23)13-17/h5-13,21H,14H2,1-4H3,(H2,24,25,29)/t21-/m1/s1. The van der Waals surface area contributed by atoms with Crippen molar-refractivity contribution in [2.45, 2.75) is 19.9 Å². The summed E-state index contributed by atoms with van der Waals surface area (Å²) in [5, 5.41) is 10.3. The molecule has 1 aromatic heterocycles. The number of urea groups is 1. The van der Waals surface area contributed by atoms with Crippen molar-refractivity contribution in [1.29, 1.82) is 0 Å². The SMILES string of the molecule is Cc1cc(C)n(-c2ccccc2NC(=O)NC[C@H](c2cccc(F)c2)N(C)C)n1. The smallest absolute Gasteiger partial charge is 0.319 e. The zero-order valence-corrected chi connectivity index (χ0v) is 17.1. The van der Waals surface area contributed by atoms with Crippen LogP contribution in [-0.2, 0) is 0 Å². The molecule has 6 nitrogen and oxygen atoms in total. The molecule has 7 heteroatoms. The second kappa shape index (κ2) is 8.87. The molecule has 2 amide bonds. The third-order valence-corrected chi connectivity index (χ3v) is 4.70. The molecule has 0 unspecified atom stereocenters. The summed E-state index contributed by atoms with van der Waals surface area (Å²) in [7, 11) is 3.79. The molecule has 2 N–H and O–H groups in total. The van der Waals surface area contributed by atoms with Gasteiger partial charge < -0.3 is 15.5 Å². The molecule has 0 spiro atoms. The highest BCUT2D eigenvalue weighted by molar-refractivity contribution is 5.91. The van der Waals surface area contributed by atoms with Gasteiger partial charge in [0.25, 0.3) is 0 Å². The van der Waals surface area contributed by atoms with Gasteiger partial charge in [0, 0.05) is 12.2 Å². The summed E-state index contributed by atoms with van der Waals surface area (Å²) in [6.45, 7) is 4.24. The minimum Gasteiger partial charge on any atom is -0.336 e. The minimum atomic E-state index is -0.331. The third-order valence-electron chi connectivity index (χ3n) is 4.70. The highest BCUT2D eigenvalue weighted by Gasteiger charge is 2.17.